The molecule has 33 heavy (non-hydrogen) atoms. The molecule has 1 unspecified atom stereocenters. The lowest BCUT2D eigenvalue weighted by Gasteiger charge is -2.26. The molecule has 0 radical (unpaired) electrons. The zero-order valence-corrected chi connectivity index (χ0v) is 18.1. The Morgan fingerprint density at radius 3 is 2.82 bits per heavy atom. The monoisotopic (exact) mass is 444 g/mol. The molecule has 1 fully saturated rings. The molecular weight excluding hydrogens is 419 g/mol. The normalized spacial score (nSPS) is 17.3. The number of rotatable bonds is 7. The van der Waals surface area contributed by atoms with Crippen LogP contribution in [-0.4, -0.2) is 37.1 Å². The number of aliphatic hydroxyl groups is 1. The number of halogens is 1. The van der Waals surface area contributed by atoms with Gasteiger partial charge in [0.2, 0.25) is 0 Å². The first-order valence-electron chi connectivity index (χ1n) is 11.0. The molecule has 0 amide bonds. The SMILES string of the molecule is C=CC(O)N1CCC[C@H]1c1nc(-c2ccc(COc3ccccc3F)cc2)c2cnccn12. The van der Waals surface area contributed by atoms with E-state index in [1.807, 2.05) is 41.6 Å². The second kappa shape index (κ2) is 9.13. The van der Waals surface area contributed by atoms with Crippen molar-refractivity contribution in [2.75, 3.05) is 6.54 Å². The van der Waals surface area contributed by atoms with E-state index >= 15 is 0 Å². The minimum atomic E-state index is -0.705. The van der Waals surface area contributed by atoms with Crippen LogP contribution in [0, 0.1) is 5.82 Å². The molecule has 2 atom stereocenters. The van der Waals surface area contributed by atoms with Crippen molar-refractivity contribution in [1.29, 1.82) is 0 Å². The van der Waals surface area contributed by atoms with Gasteiger partial charge in [0.15, 0.2) is 11.6 Å². The lowest BCUT2D eigenvalue weighted by atomic mass is 10.1. The molecule has 1 aliphatic rings. The number of hydrogen-bond donors (Lipinski definition) is 1. The van der Waals surface area contributed by atoms with Gasteiger partial charge in [-0.1, -0.05) is 43.0 Å². The first-order chi connectivity index (χ1) is 16.2. The van der Waals surface area contributed by atoms with E-state index in [2.05, 4.69) is 16.0 Å². The molecule has 1 aliphatic heterocycles. The Kier molecular flexibility index (Phi) is 5.90. The summed E-state index contributed by atoms with van der Waals surface area (Å²) in [6, 6.07) is 14.3. The van der Waals surface area contributed by atoms with Gasteiger partial charge in [-0.2, -0.15) is 0 Å². The van der Waals surface area contributed by atoms with Crippen LogP contribution < -0.4 is 4.74 Å². The molecule has 2 aromatic heterocycles. The van der Waals surface area contributed by atoms with Crippen LogP contribution in [0.1, 0.15) is 30.3 Å². The maximum Gasteiger partial charge on any atom is 0.165 e. The second-order valence-corrected chi connectivity index (χ2v) is 8.11. The van der Waals surface area contributed by atoms with Gasteiger partial charge in [0.05, 0.1) is 23.4 Å². The van der Waals surface area contributed by atoms with E-state index in [-0.39, 0.29) is 24.2 Å². The van der Waals surface area contributed by atoms with Crippen LogP contribution in [0.4, 0.5) is 4.39 Å². The summed E-state index contributed by atoms with van der Waals surface area (Å²) in [4.78, 5) is 11.3. The number of hydrogen-bond acceptors (Lipinski definition) is 5. The minimum Gasteiger partial charge on any atom is -0.486 e. The van der Waals surface area contributed by atoms with Gasteiger partial charge < -0.3 is 9.84 Å². The van der Waals surface area contributed by atoms with Gasteiger partial charge in [-0.3, -0.25) is 14.3 Å². The number of ether oxygens (including phenoxy) is 1. The molecule has 2 aromatic carbocycles. The molecule has 1 N–H and O–H groups in total. The molecule has 0 saturated carbocycles. The number of benzene rings is 2. The fourth-order valence-electron chi connectivity index (χ4n) is 4.41. The third kappa shape index (κ3) is 4.13. The highest BCUT2D eigenvalue weighted by Crippen LogP contribution is 2.36. The van der Waals surface area contributed by atoms with Crippen molar-refractivity contribution in [3.05, 3.63) is 97.0 Å². The summed E-state index contributed by atoms with van der Waals surface area (Å²) in [5.74, 6) is 0.745. The van der Waals surface area contributed by atoms with Crippen molar-refractivity contribution in [3.63, 3.8) is 0 Å². The average Bonchev–Trinajstić information content (AvgIpc) is 3.48. The summed E-state index contributed by atoms with van der Waals surface area (Å²) in [5, 5.41) is 10.4. The maximum absolute atomic E-state index is 13.8. The van der Waals surface area contributed by atoms with Crippen molar-refractivity contribution in [2.24, 2.45) is 0 Å². The molecule has 0 spiro atoms. The standard InChI is InChI=1S/C26H25FN4O2/c1-2-24(32)30-14-5-7-21(30)26-29-25(22-16-28-13-15-31(22)26)19-11-9-18(10-12-19)17-33-23-8-4-3-6-20(23)27/h2-4,6,8-13,15-16,21,24,32H,1,5,7,14,17H2/t21-,24?/m0/s1. The van der Waals surface area contributed by atoms with Crippen molar-refractivity contribution in [3.8, 4) is 17.0 Å². The molecule has 168 valence electrons. The molecule has 0 bridgehead atoms. The van der Waals surface area contributed by atoms with E-state index in [9.17, 15) is 9.50 Å². The zero-order valence-electron chi connectivity index (χ0n) is 18.1. The van der Waals surface area contributed by atoms with Gasteiger partial charge >= 0.3 is 0 Å². The largest absolute Gasteiger partial charge is 0.486 e. The van der Waals surface area contributed by atoms with Crippen molar-refractivity contribution >= 4 is 5.52 Å². The van der Waals surface area contributed by atoms with Gasteiger partial charge in [0.1, 0.15) is 18.7 Å². The highest BCUT2D eigenvalue weighted by molar-refractivity contribution is 5.77. The fourth-order valence-corrected chi connectivity index (χ4v) is 4.41. The van der Waals surface area contributed by atoms with E-state index in [0.717, 1.165) is 47.5 Å². The van der Waals surface area contributed by atoms with Crippen LogP contribution in [0.15, 0.2) is 79.8 Å². The van der Waals surface area contributed by atoms with E-state index < -0.39 is 6.23 Å². The van der Waals surface area contributed by atoms with Crippen LogP contribution in [0.3, 0.4) is 0 Å². The maximum atomic E-state index is 13.8. The van der Waals surface area contributed by atoms with E-state index in [0.29, 0.717) is 0 Å². The summed E-state index contributed by atoms with van der Waals surface area (Å²) < 4.78 is 21.5. The Hall–Kier alpha value is -3.55. The molecule has 1 saturated heterocycles. The van der Waals surface area contributed by atoms with Crippen LogP contribution in [0.25, 0.3) is 16.8 Å². The van der Waals surface area contributed by atoms with Crippen LogP contribution in [-0.2, 0) is 6.61 Å². The number of imidazole rings is 1. The fraction of sp³-hybridized carbons (Fsp3) is 0.231. The quantitative estimate of drug-likeness (QED) is 0.417. The van der Waals surface area contributed by atoms with Crippen LogP contribution in [0.5, 0.6) is 5.75 Å². The molecule has 0 aliphatic carbocycles. The van der Waals surface area contributed by atoms with Gasteiger partial charge in [-0.15, -0.1) is 0 Å². The highest BCUT2D eigenvalue weighted by Gasteiger charge is 2.33. The first kappa shape index (κ1) is 21.3. The Labute approximate surface area is 191 Å². The van der Waals surface area contributed by atoms with E-state index in [1.165, 1.54) is 6.07 Å². The zero-order chi connectivity index (χ0) is 22.8. The summed E-state index contributed by atoms with van der Waals surface area (Å²) in [6.07, 6.45) is 8.22. The molecule has 4 aromatic rings. The smallest absolute Gasteiger partial charge is 0.165 e. The second-order valence-electron chi connectivity index (χ2n) is 8.11. The Bertz CT molecular complexity index is 1270. The minimum absolute atomic E-state index is 0.00454. The number of aliphatic hydroxyl groups excluding tert-OH is 1. The summed E-state index contributed by atoms with van der Waals surface area (Å²) >= 11 is 0. The van der Waals surface area contributed by atoms with E-state index in [4.69, 9.17) is 9.72 Å². The molecule has 7 heteroatoms. The first-order valence-corrected chi connectivity index (χ1v) is 11.0. The number of para-hydroxylation sites is 1. The topological polar surface area (TPSA) is 62.9 Å². The van der Waals surface area contributed by atoms with Gasteiger partial charge in [-0.25, -0.2) is 9.37 Å². The lowest BCUT2D eigenvalue weighted by molar-refractivity contribution is 0.0294. The highest BCUT2D eigenvalue weighted by atomic mass is 19.1. The van der Waals surface area contributed by atoms with Gasteiger partial charge in [0.25, 0.3) is 0 Å². The summed E-state index contributed by atoms with van der Waals surface area (Å²) in [5.41, 5.74) is 3.62. The Balaban J connectivity index is 1.43. The third-order valence-electron chi connectivity index (χ3n) is 6.08. The number of aromatic nitrogens is 3. The van der Waals surface area contributed by atoms with Crippen LogP contribution >= 0.6 is 0 Å². The molecule has 6 nitrogen and oxygen atoms in total. The van der Waals surface area contributed by atoms with Crippen molar-refractivity contribution < 1.29 is 14.2 Å². The third-order valence-corrected chi connectivity index (χ3v) is 6.08. The van der Waals surface area contributed by atoms with Gasteiger partial charge in [-0.05, 0) is 36.6 Å². The summed E-state index contributed by atoms with van der Waals surface area (Å²) in [7, 11) is 0. The molecule has 5 rings (SSSR count). The van der Waals surface area contributed by atoms with E-state index in [1.54, 1.807) is 30.5 Å². The molecule has 3 heterocycles. The number of fused-ring (bicyclic) bond motifs is 1. The number of likely N-dealkylation sites (tertiary alicyclic amines) is 1. The Morgan fingerprint density at radius 2 is 2.03 bits per heavy atom. The predicted octanol–water partition coefficient (Wildman–Crippen LogP) is 4.76. The Morgan fingerprint density at radius 1 is 1.21 bits per heavy atom. The van der Waals surface area contributed by atoms with Gasteiger partial charge in [0, 0.05) is 24.5 Å². The number of nitrogens with zero attached hydrogens (tertiary/aromatic N) is 4. The predicted molar refractivity (Wildman–Crippen MR) is 124 cm³/mol. The lowest BCUT2D eigenvalue weighted by Crippen LogP contribution is -2.33. The van der Waals surface area contributed by atoms with Crippen molar-refractivity contribution in [2.45, 2.75) is 31.7 Å². The van der Waals surface area contributed by atoms with Crippen molar-refractivity contribution in [1.82, 2.24) is 19.3 Å². The average molecular weight is 445 g/mol. The molecular formula is C26H25FN4O2. The summed E-state index contributed by atoms with van der Waals surface area (Å²) in [6.45, 7) is 4.80. The van der Waals surface area contributed by atoms with Crippen LogP contribution in [0.2, 0.25) is 0 Å².